The largest absolute Gasteiger partial charge is 0.394 e. The number of allylic oxidation sites excluding steroid dienone is 1. The molecular formula is C9H12N6. The van der Waals surface area contributed by atoms with Crippen molar-refractivity contribution in [1.29, 1.82) is 0 Å². The van der Waals surface area contributed by atoms with Crippen LogP contribution in [0.15, 0.2) is 47.0 Å². The number of benzene rings is 1. The summed E-state index contributed by atoms with van der Waals surface area (Å²) in [5.41, 5.74) is 15.9. The third kappa shape index (κ3) is 1.57. The summed E-state index contributed by atoms with van der Waals surface area (Å²) >= 11 is 0. The third-order valence-electron chi connectivity index (χ3n) is 2.11. The van der Waals surface area contributed by atoms with Crippen molar-refractivity contribution in [1.82, 2.24) is 10.7 Å². The van der Waals surface area contributed by atoms with Gasteiger partial charge in [0.1, 0.15) is 11.4 Å². The maximum Gasteiger partial charge on any atom is 0.162 e. The van der Waals surface area contributed by atoms with E-state index in [2.05, 4.69) is 10.6 Å². The second-order valence-corrected chi connectivity index (χ2v) is 3.10. The molecule has 7 N–H and O–H groups in total. The van der Waals surface area contributed by atoms with E-state index < -0.39 is 0 Å². The van der Waals surface area contributed by atoms with E-state index in [1.165, 1.54) is 0 Å². The summed E-state index contributed by atoms with van der Waals surface area (Å²) in [5.74, 6) is 5.71. The first-order valence-electron chi connectivity index (χ1n) is 4.39. The molecule has 2 rings (SSSR count). The molecule has 0 radical (unpaired) electrons. The number of hydrogen-bond acceptors (Lipinski definition) is 6. The normalized spacial score (nSPS) is 16.1. The van der Waals surface area contributed by atoms with Crippen molar-refractivity contribution in [2.45, 2.75) is 0 Å². The zero-order valence-corrected chi connectivity index (χ0v) is 8.01. The molecule has 78 valence electrons. The zero-order chi connectivity index (χ0) is 10.8. The lowest BCUT2D eigenvalue weighted by molar-refractivity contribution is 0.248. The molecule has 0 saturated carbocycles. The Morgan fingerprint density at radius 2 is 1.80 bits per heavy atom. The van der Waals surface area contributed by atoms with E-state index in [9.17, 15) is 0 Å². The van der Waals surface area contributed by atoms with Crippen LogP contribution in [0.2, 0.25) is 0 Å². The van der Waals surface area contributed by atoms with Gasteiger partial charge in [0.2, 0.25) is 0 Å². The van der Waals surface area contributed by atoms with Gasteiger partial charge in [0.05, 0.1) is 0 Å². The van der Waals surface area contributed by atoms with Crippen LogP contribution in [0.3, 0.4) is 0 Å². The number of nitrogens with zero attached hydrogens (tertiary/aromatic N) is 2. The van der Waals surface area contributed by atoms with Crippen molar-refractivity contribution >= 4 is 5.71 Å². The molecule has 0 aliphatic carbocycles. The minimum Gasteiger partial charge on any atom is -0.394 e. The van der Waals surface area contributed by atoms with E-state index in [4.69, 9.17) is 17.3 Å². The van der Waals surface area contributed by atoms with Crippen molar-refractivity contribution in [2.24, 2.45) is 22.4 Å². The molecule has 1 aromatic rings. The van der Waals surface area contributed by atoms with Crippen LogP contribution < -0.4 is 22.8 Å². The van der Waals surface area contributed by atoms with Crippen LogP contribution in [-0.4, -0.2) is 10.8 Å². The molecule has 1 aliphatic heterocycles. The summed E-state index contributed by atoms with van der Waals surface area (Å²) in [5, 5.41) is 5.09. The summed E-state index contributed by atoms with van der Waals surface area (Å²) in [6, 6.07) is 9.50. The molecule has 6 nitrogen and oxygen atoms in total. The van der Waals surface area contributed by atoms with Crippen LogP contribution in [0.1, 0.15) is 5.56 Å². The number of nitrogens with one attached hydrogen (secondary N) is 1. The maximum absolute atomic E-state index is 5.81. The molecule has 0 unspecified atom stereocenters. The molecule has 0 atom stereocenters. The molecule has 0 amide bonds. The molecule has 0 bridgehead atoms. The lowest BCUT2D eigenvalue weighted by Gasteiger charge is -2.24. The van der Waals surface area contributed by atoms with Gasteiger partial charge in [-0.1, -0.05) is 30.3 Å². The fourth-order valence-electron chi connectivity index (χ4n) is 1.29. The second-order valence-electron chi connectivity index (χ2n) is 3.10. The van der Waals surface area contributed by atoms with Crippen molar-refractivity contribution in [3.63, 3.8) is 0 Å². The van der Waals surface area contributed by atoms with E-state index in [1.54, 1.807) is 0 Å². The third-order valence-corrected chi connectivity index (χ3v) is 2.11. The molecule has 6 heteroatoms. The van der Waals surface area contributed by atoms with E-state index in [-0.39, 0.29) is 5.82 Å². The van der Waals surface area contributed by atoms with Gasteiger partial charge in [-0.15, -0.1) is 0 Å². The quantitative estimate of drug-likeness (QED) is 0.447. The van der Waals surface area contributed by atoms with Crippen molar-refractivity contribution in [3.8, 4) is 0 Å². The first kappa shape index (κ1) is 9.35. The highest BCUT2D eigenvalue weighted by Crippen LogP contribution is 2.10. The molecule has 0 fully saturated rings. The maximum atomic E-state index is 5.81. The lowest BCUT2D eigenvalue weighted by Crippen LogP contribution is -2.48. The minimum absolute atomic E-state index is 0.254. The standard InChI is InChI=1S/C9H12N6/c10-7-8(6-4-2-1-3-5-6)13-14-15(12)9(7)11/h1-5,14H,10-12H2. The Kier molecular flexibility index (Phi) is 2.18. The number of hydrogen-bond donors (Lipinski definition) is 4. The summed E-state index contributed by atoms with van der Waals surface area (Å²) in [7, 11) is 0. The first-order chi connectivity index (χ1) is 7.20. The van der Waals surface area contributed by atoms with Gasteiger partial charge in [-0.2, -0.15) is 10.2 Å². The molecule has 1 aromatic carbocycles. The fraction of sp³-hybridized carbons (Fsp3) is 0. The number of hydrazine groups is 2. The highest BCUT2D eigenvalue weighted by molar-refractivity contribution is 6.12. The Hall–Kier alpha value is -2.21. The molecule has 15 heavy (non-hydrogen) atoms. The minimum atomic E-state index is 0.254. The van der Waals surface area contributed by atoms with Crippen LogP contribution in [0.4, 0.5) is 0 Å². The average molecular weight is 204 g/mol. The lowest BCUT2D eigenvalue weighted by atomic mass is 10.1. The van der Waals surface area contributed by atoms with Crippen LogP contribution in [0, 0.1) is 0 Å². The Labute approximate surface area is 87.0 Å². The van der Waals surface area contributed by atoms with Crippen LogP contribution in [0.5, 0.6) is 0 Å². The van der Waals surface area contributed by atoms with Gasteiger partial charge in [-0.3, -0.25) is 0 Å². The molecule has 0 aromatic heterocycles. The molecule has 0 spiro atoms. The Morgan fingerprint density at radius 1 is 1.13 bits per heavy atom. The highest BCUT2D eigenvalue weighted by Gasteiger charge is 2.17. The average Bonchev–Trinajstić information content (AvgIpc) is 2.27. The van der Waals surface area contributed by atoms with Crippen molar-refractivity contribution in [2.75, 3.05) is 0 Å². The van der Waals surface area contributed by atoms with Crippen LogP contribution in [-0.2, 0) is 0 Å². The van der Waals surface area contributed by atoms with E-state index >= 15 is 0 Å². The highest BCUT2D eigenvalue weighted by atomic mass is 15.8. The monoisotopic (exact) mass is 204 g/mol. The number of rotatable bonds is 1. The molecular weight excluding hydrogens is 192 g/mol. The first-order valence-corrected chi connectivity index (χ1v) is 4.39. The second kappa shape index (κ2) is 3.50. The topological polar surface area (TPSA) is 106 Å². The summed E-state index contributed by atoms with van der Waals surface area (Å²) in [6.45, 7) is 0. The predicted octanol–water partition coefficient (Wildman–Crippen LogP) is -0.829. The van der Waals surface area contributed by atoms with E-state index in [1.807, 2.05) is 30.3 Å². The molecule has 0 saturated heterocycles. The fourth-order valence-corrected chi connectivity index (χ4v) is 1.29. The van der Waals surface area contributed by atoms with Gasteiger partial charge in [-0.05, 0) is 0 Å². The Morgan fingerprint density at radius 3 is 2.47 bits per heavy atom. The smallest absolute Gasteiger partial charge is 0.162 e. The number of hydrazone groups is 1. The zero-order valence-electron chi connectivity index (χ0n) is 8.01. The van der Waals surface area contributed by atoms with Gasteiger partial charge < -0.3 is 11.5 Å². The van der Waals surface area contributed by atoms with Crippen LogP contribution >= 0.6 is 0 Å². The SMILES string of the molecule is NC1=C(N)N(N)NN=C1c1ccccc1. The van der Waals surface area contributed by atoms with E-state index in [0.717, 1.165) is 10.7 Å². The summed E-state index contributed by atoms with van der Waals surface area (Å²) < 4.78 is 0. The predicted molar refractivity (Wildman–Crippen MR) is 57.5 cm³/mol. The van der Waals surface area contributed by atoms with Crippen LogP contribution in [0.25, 0.3) is 0 Å². The van der Waals surface area contributed by atoms with Gasteiger partial charge in [0.25, 0.3) is 0 Å². The van der Waals surface area contributed by atoms with Gasteiger partial charge >= 0.3 is 0 Å². The van der Waals surface area contributed by atoms with Gasteiger partial charge in [0.15, 0.2) is 5.82 Å². The number of nitrogens with two attached hydrogens (primary N) is 3. The van der Waals surface area contributed by atoms with Gasteiger partial charge in [0, 0.05) is 5.56 Å². The van der Waals surface area contributed by atoms with Crippen molar-refractivity contribution in [3.05, 3.63) is 47.4 Å². The van der Waals surface area contributed by atoms with E-state index in [0.29, 0.717) is 11.4 Å². The molecule has 1 aliphatic rings. The Balaban J connectivity index is 2.41. The summed E-state index contributed by atoms with van der Waals surface area (Å²) in [6.07, 6.45) is 0. The summed E-state index contributed by atoms with van der Waals surface area (Å²) in [4.78, 5) is 0. The molecule has 1 heterocycles. The van der Waals surface area contributed by atoms with Gasteiger partial charge in [-0.25, -0.2) is 11.4 Å². The Bertz CT molecular complexity index is 421. The van der Waals surface area contributed by atoms with Crippen molar-refractivity contribution < 1.29 is 0 Å².